The number of alkyl halides is 3. The van der Waals surface area contributed by atoms with Crippen LogP contribution in [0.3, 0.4) is 0 Å². The van der Waals surface area contributed by atoms with E-state index in [9.17, 15) is 18.3 Å². The molecule has 28 heavy (non-hydrogen) atoms. The summed E-state index contributed by atoms with van der Waals surface area (Å²) in [6.07, 6.45) is -1.41. The number of aliphatic imine (C=N–C) groups is 1. The van der Waals surface area contributed by atoms with Gasteiger partial charge in [0.1, 0.15) is 0 Å². The third-order valence-corrected chi connectivity index (χ3v) is 4.32. The Morgan fingerprint density at radius 2 is 2.18 bits per heavy atom. The van der Waals surface area contributed by atoms with Gasteiger partial charge in [0.2, 0.25) is 5.88 Å². The van der Waals surface area contributed by atoms with E-state index >= 15 is 0 Å². The first-order chi connectivity index (χ1) is 12.9. The second-order valence-electron chi connectivity index (χ2n) is 6.46. The number of nitrogens with one attached hydrogen (secondary N) is 2. The van der Waals surface area contributed by atoms with Gasteiger partial charge in [-0.25, -0.2) is 4.98 Å². The molecule has 0 aromatic carbocycles. The van der Waals surface area contributed by atoms with Crippen LogP contribution in [-0.4, -0.2) is 62.2 Å². The minimum absolute atomic E-state index is 0. The molecule has 7 nitrogen and oxygen atoms in total. The summed E-state index contributed by atoms with van der Waals surface area (Å²) in [4.78, 5) is 8.01. The molecule has 11 heteroatoms. The van der Waals surface area contributed by atoms with E-state index in [2.05, 4.69) is 25.3 Å². The zero-order valence-corrected chi connectivity index (χ0v) is 17.9. The normalized spacial score (nSPS) is 19.8. The van der Waals surface area contributed by atoms with Crippen molar-refractivity contribution in [3.63, 3.8) is 0 Å². The van der Waals surface area contributed by atoms with Crippen LogP contribution in [0.2, 0.25) is 0 Å². The molecular weight excluding hydrogens is 492 g/mol. The molecule has 1 aliphatic rings. The maximum Gasteiger partial charge on any atom is 0.422 e. The molecule has 1 aromatic heterocycles. The van der Waals surface area contributed by atoms with Crippen molar-refractivity contribution < 1.29 is 27.8 Å². The zero-order chi connectivity index (χ0) is 19.8. The number of halogens is 4. The van der Waals surface area contributed by atoms with Crippen molar-refractivity contribution >= 4 is 29.9 Å². The van der Waals surface area contributed by atoms with Crippen molar-refractivity contribution in [1.29, 1.82) is 0 Å². The van der Waals surface area contributed by atoms with Crippen LogP contribution in [0, 0.1) is 5.41 Å². The lowest BCUT2D eigenvalue weighted by Gasteiger charge is -2.27. The van der Waals surface area contributed by atoms with Crippen LogP contribution in [-0.2, 0) is 11.3 Å². The zero-order valence-electron chi connectivity index (χ0n) is 15.6. The molecule has 0 amide bonds. The lowest BCUT2D eigenvalue weighted by atomic mass is 9.84. The Morgan fingerprint density at radius 3 is 2.71 bits per heavy atom. The van der Waals surface area contributed by atoms with Crippen LogP contribution in [0.15, 0.2) is 23.3 Å². The molecular formula is C17H26F3IN4O3. The Bertz CT molecular complexity index is 609. The highest BCUT2D eigenvalue weighted by Gasteiger charge is 2.34. The lowest BCUT2D eigenvalue weighted by Crippen LogP contribution is -2.44. The molecule has 0 spiro atoms. The van der Waals surface area contributed by atoms with Gasteiger partial charge in [0.15, 0.2) is 12.6 Å². The molecule has 1 unspecified atom stereocenters. The highest BCUT2D eigenvalue weighted by atomic mass is 127. The SMILES string of the molecule is CN=C(NCc1ccc(OCC(F)(F)F)nc1)NCC1(CCO)CCOC1.I. The standard InChI is InChI=1S/C17H25F3N4O3.HI/c1-21-15(24-10-16(4-6-25)5-7-26-11-16)23-9-13-2-3-14(22-8-13)27-12-17(18,19)20;/h2-3,8,25H,4-7,9-12H2,1H3,(H2,21,23,24);1H. The molecule has 1 fully saturated rings. The number of pyridine rings is 1. The maximum absolute atomic E-state index is 12.1. The van der Waals surface area contributed by atoms with Crippen LogP contribution in [0.1, 0.15) is 18.4 Å². The van der Waals surface area contributed by atoms with Crippen molar-refractivity contribution in [1.82, 2.24) is 15.6 Å². The first-order valence-electron chi connectivity index (χ1n) is 8.63. The van der Waals surface area contributed by atoms with Crippen LogP contribution < -0.4 is 15.4 Å². The summed E-state index contributed by atoms with van der Waals surface area (Å²) >= 11 is 0. The van der Waals surface area contributed by atoms with Crippen LogP contribution in [0.4, 0.5) is 13.2 Å². The Kier molecular flexibility index (Phi) is 10.2. The van der Waals surface area contributed by atoms with E-state index < -0.39 is 12.8 Å². The van der Waals surface area contributed by atoms with Gasteiger partial charge < -0.3 is 25.2 Å². The summed E-state index contributed by atoms with van der Waals surface area (Å²) in [5.41, 5.74) is 0.664. The predicted molar refractivity (Wildman–Crippen MR) is 109 cm³/mol. The molecule has 1 atom stereocenters. The summed E-state index contributed by atoms with van der Waals surface area (Å²) in [5, 5.41) is 15.6. The van der Waals surface area contributed by atoms with E-state index in [1.165, 1.54) is 12.3 Å². The quantitative estimate of drug-likeness (QED) is 0.278. The first kappa shape index (κ1) is 24.7. The number of nitrogens with zero attached hydrogens (tertiary/aromatic N) is 2. The Balaban J connectivity index is 0.00000392. The third kappa shape index (κ3) is 8.35. The van der Waals surface area contributed by atoms with Gasteiger partial charge in [-0.05, 0) is 18.4 Å². The summed E-state index contributed by atoms with van der Waals surface area (Å²) in [7, 11) is 1.64. The van der Waals surface area contributed by atoms with Crippen molar-refractivity contribution in [3.05, 3.63) is 23.9 Å². The van der Waals surface area contributed by atoms with E-state index in [-0.39, 0.29) is 41.9 Å². The summed E-state index contributed by atoms with van der Waals surface area (Å²) in [6, 6.07) is 3.03. The molecule has 2 heterocycles. The third-order valence-electron chi connectivity index (χ3n) is 4.32. The van der Waals surface area contributed by atoms with Crippen molar-refractivity contribution in [3.8, 4) is 5.88 Å². The number of hydrogen-bond donors (Lipinski definition) is 3. The van der Waals surface area contributed by atoms with Crippen LogP contribution >= 0.6 is 24.0 Å². The van der Waals surface area contributed by atoms with E-state index in [4.69, 9.17) is 4.74 Å². The molecule has 3 N–H and O–H groups in total. The highest BCUT2D eigenvalue weighted by molar-refractivity contribution is 14.0. The van der Waals surface area contributed by atoms with E-state index in [0.29, 0.717) is 38.7 Å². The van der Waals surface area contributed by atoms with Gasteiger partial charge in [0.05, 0.1) is 6.61 Å². The van der Waals surface area contributed by atoms with Gasteiger partial charge in [-0.3, -0.25) is 4.99 Å². The van der Waals surface area contributed by atoms with Crippen molar-refractivity contribution in [2.75, 3.05) is 40.0 Å². The average molecular weight is 518 g/mol. The molecule has 0 aliphatic carbocycles. The number of aliphatic hydroxyl groups is 1. The monoisotopic (exact) mass is 518 g/mol. The second-order valence-corrected chi connectivity index (χ2v) is 6.46. The molecule has 2 rings (SSSR count). The topological polar surface area (TPSA) is 88.0 Å². The lowest BCUT2D eigenvalue weighted by molar-refractivity contribution is -0.154. The number of rotatable bonds is 8. The van der Waals surface area contributed by atoms with Crippen LogP contribution in [0.5, 0.6) is 5.88 Å². The molecule has 0 radical (unpaired) electrons. The Hall–Kier alpha value is -1.34. The summed E-state index contributed by atoms with van der Waals surface area (Å²) in [6.45, 7) is 1.04. The predicted octanol–water partition coefficient (Wildman–Crippen LogP) is 2.09. The fourth-order valence-electron chi connectivity index (χ4n) is 2.75. The number of aliphatic hydroxyl groups excluding tert-OH is 1. The maximum atomic E-state index is 12.1. The number of ether oxygens (including phenoxy) is 2. The Labute approximate surface area is 179 Å². The van der Waals surface area contributed by atoms with Gasteiger partial charge in [-0.1, -0.05) is 6.07 Å². The molecule has 1 aliphatic heterocycles. The van der Waals surface area contributed by atoms with Gasteiger partial charge in [0.25, 0.3) is 0 Å². The van der Waals surface area contributed by atoms with Gasteiger partial charge in [0, 0.05) is 51.0 Å². The van der Waals surface area contributed by atoms with E-state index in [0.717, 1.165) is 12.0 Å². The number of hydrogen-bond acceptors (Lipinski definition) is 5. The van der Waals surface area contributed by atoms with Gasteiger partial charge in [-0.15, -0.1) is 24.0 Å². The first-order valence-corrected chi connectivity index (χ1v) is 8.63. The van der Waals surface area contributed by atoms with Gasteiger partial charge >= 0.3 is 6.18 Å². The summed E-state index contributed by atoms with van der Waals surface area (Å²) in [5.74, 6) is 0.502. The molecule has 1 saturated heterocycles. The fourth-order valence-corrected chi connectivity index (χ4v) is 2.75. The molecule has 1 aromatic rings. The smallest absolute Gasteiger partial charge is 0.422 e. The van der Waals surface area contributed by atoms with E-state index in [1.807, 2.05) is 0 Å². The molecule has 160 valence electrons. The minimum atomic E-state index is -4.39. The second kappa shape index (κ2) is 11.6. The van der Waals surface area contributed by atoms with Gasteiger partial charge in [-0.2, -0.15) is 13.2 Å². The number of guanidine groups is 1. The van der Waals surface area contributed by atoms with Crippen molar-refractivity contribution in [2.45, 2.75) is 25.6 Å². The fraction of sp³-hybridized carbons (Fsp3) is 0.647. The largest absolute Gasteiger partial charge is 0.468 e. The van der Waals surface area contributed by atoms with Crippen molar-refractivity contribution in [2.24, 2.45) is 10.4 Å². The minimum Gasteiger partial charge on any atom is -0.468 e. The average Bonchev–Trinajstić information content (AvgIpc) is 3.09. The Morgan fingerprint density at radius 1 is 1.39 bits per heavy atom. The van der Waals surface area contributed by atoms with Crippen LogP contribution in [0.25, 0.3) is 0 Å². The molecule has 0 bridgehead atoms. The highest BCUT2D eigenvalue weighted by Crippen LogP contribution is 2.31. The number of aromatic nitrogens is 1. The summed E-state index contributed by atoms with van der Waals surface area (Å²) < 4.78 is 46.4. The van der Waals surface area contributed by atoms with E-state index in [1.54, 1.807) is 13.1 Å². The molecule has 0 saturated carbocycles.